The normalized spacial score (nSPS) is 33.2. The predicted octanol–water partition coefficient (Wildman–Crippen LogP) is 1.63. The van der Waals surface area contributed by atoms with E-state index in [9.17, 15) is 19.5 Å². The Hall–Kier alpha value is -2.27. The monoisotopic (exact) mass is 561 g/mol. The van der Waals surface area contributed by atoms with E-state index in [1.807, 2.05) is 13.8 Å². The van der Waals surface area contributed by atoms with Gasteiger partial charge < -0.3 is 29.1 Å². The number of allylic oxidation sites excluding steroid dienone is 1. The first-order valence-corrected chi connectivity index (χ1v) is 14.8. The topological polar surface area (TPSA) is 109 Å². The third-order valence-corrected chi connectivity index (χ3v) is 9.36. The smallest absolute Gasteiger partial charge is 0.312 e. The summed E-state index contributed by atoms with van der Waals surface area (Å²) in [6.45, 7) is 16.6. The predicted molar refractivity (Wildman–Crippen MR) is 149 cm³/mol. The maximum atomic E-state index is 14.4. The van der Waals surface area contributed by atoms with Crippen LogP contribution in [0.3, 0.4) is 0 Å². The number of rotatable bonds is 15. The van der Waals surface area contributed by atoms with Crippen molar-refractivity contribution in [3.63, 3.8) is 0 Å². The van der Waals surface area contributed by atoms with Gasteiger partial charge in [-0.25, -0.2) is 0 Å². The van der Waals surface area contributed by atoms with E-state index < -0.39 is 35.0 Å². The van der Waals surface area contributed by atoms with Crippen LogP contribution in [0.4, 0.5) is 0 Å². The molecule has 0 aromatic carbocycles. The maximum Gasteiger partial charge on any atom is 0.312 e. The van der Waals surface area contributed by atoms with Gasteiger partial charge in [-0.2, -0.15) is 0 Å². The average molecular weight is 562 g/mol. The molecular weight excluding hydrogens is 514 g/mol. The van der Waals surface area contributed by atoms with Gasteiger partial charge in [-0.3, -0.25) is 19.3 Å². The molecular formula is C30H47N3O7. The Kier molecular flexibility index (Phi) is 10.1. The van der Waals surface area contributed by atoms with Crippen LogP contribution in [-0.2, 0) is 28.6 Å². The minimum atomic E-state index is -1.11. The van der Waals surface area contributed by atoms with E-state index >= 15 is 0 Å². The number of carbonyl (C=O) groups excluding carboxylic acids is 3. The summed E-state index contributed by atoms with van der Waals surface area (Å²) >= 11 is 0. The van der Waals surface area contributed by atoms with Crippen LogP contribution in [0.5, 0.6) is 0 Å². The Morgan fingerprint density at radius 1 is 1.18 bits per heavy atom. The summed E-state index contributed by atoms with van der Waals surface area (Å²) in [5, 5.41) is 9.41. The highest BCUT2D eigenvalue weighted by atomic mass is 16.6. The minimum absolute atomic E-state index is 0.00260. The van der Waals surface area contributed by atoms with Crippen molar-refractivity contribution in [2.45, 2.75) is 63.2 Å². The number of hydrogen-bond acceptors (Lipinski definition) is 8. The fourth-order valence-corrected chi connectivity index (χ4v) is 7.21. The van der Waals surface area contributed by atoms with Gasteiger partial charge in [0, 0.05) is 45.9 Å². The van der Waals surface area contributed by atoms with E-state index in [0.717, 1.165) is 19.5 Å². The Bertz CT molecular complexity index is 954. The summed E-state index contributed by atoms with van der Waals surface area (Å²) in [5.74, 6) is -2.45. The molecule has 4 rings (SSSR count). The summed E-state index contributed by atoms with van der Waals surface area (Å²) in [5.41, 5.74) is -2.01. The van der Waals surface area contributed by atoms with Crippen LogP contribution in [0.15, 0.2) is 25.3 Å². The first-order valence-electron chi connectivity index (χ1n) is 14.8. The zero-order chi connectivity index (χ0) is 28.9. The molecule has 40 heavy (non-hydrogen) atoms. The largest absolute Gasteiger partial charge is 0.465 e. The van der Waals surface area contributed by atoms with Crippen molar-refractivity contribution in [2.75, 3.05) is 65.7 Å². The second kappa shape index (κ2) is 13.1. The third-order valence-electron chi connectivity index (χ3n) is 9.36. The lowest BCUT2D eigenvalue weighted by Gasteiger charge is -2.38. The molecule has 0 saturated carbocycles. The van der Waals surface area contributed by atoms with Crippen molar-refractivity contribution in [1.29, 1.82) is 0 Å². The van der Waals surface area contributed by atoms with Crippen LogP contribution < -0.4 is 0 Å². The molecule has 2 bridgehead atoms. The van der Waals surface area contributed by atoms with E-state index in [2.05, 4.69) is 18.1 Å². The molecule has 2 amide bonds. The van der Waals surface area contributed by atoms with Gasteiger partial charge >= 0.3 is 5.97 Å². The highest BCUT2D eigenvalue weighted by molar-refractivity contribution is 5.98. The number of ether oxygens (including phenoxy) is 3. The van der Waals surface area contributed by atoms with Gasteiger partial charge in [0.05, 0.1) is 31.3 Å². The Balaban J connectivity index is 1.63. The van der Waals surface area contributed by atoms with E-state index in [1.54, 1.807) is 22.0 Å². The number of unbranched alkanes of at least 4 members (excludes halogenated alkanes) is 2. The SMILES string of the molecule is C=CCCCOC(=O)[C@H]1[C@H]2C(=O)N(CCCCO)C(C(=O)N(CC=C)CCN3CCOCC3)C23CC(C)[C@]1(C)O3. The Morgan fingerprint density at radius 3 is 2.60 bits per heavy atom. The lowest BCUT2D eigenvalue weighted by molar-refractivity contribution is -0.162. The third kappa shape index (κ3) is 5.60. The standard InChI is InChI=1S/C30H47N3O7/c1-5-7-10-18-39-28(37)24-23-26(35)33(12-8-9-17-34)25(30(23)21-22(3)29(24,4)40-30)27(36)32(11-6-2)14-13-31-15-19-38-20-16-31/h5-6,22-25,34H,1-2,7-21H2,3-4H3/t22?,23-,24+,25?,29-,30?/m0/s1. The number of likely N-dealkylation sites (tertiary alicyclic amines) is 1. The van der Waals surface area contributed by atoms with Crippen molar-refractivity contribution in [2.24, 2.45) is 17.8 Å². The fourth-order valence-electron chi connectivity index (χ4n) is 7.21. The number of amides is 2. The van der Waals surface area contributed by atoms with Gasteiger partial charge in [0.1, 0.15) is 17.6 Å². The number of aliphatic hydroxyl groups is 1. The molecule has 4 aliphatic rings. The molecule has 6 atom stereocenters. The lowest BCUT2D eigenvalue weighted by Crippen LogP contribution is -2.57. The summed E-state index contributed by atoms with van der Waals surface area (Å²) in [4.78, 5) is 47.8. The fraction of sp³-hybridized carbons (Fsp3) is 0.767. The Morgan fingerprint density at radius 2 is 1.93 bits per heavy atom. The van der Waals surface area contributed by atoms with Gasteiger partial charge in [0.15, 0.2) is 0 Å². The van der Waals surface area contributed by atoms with Crippen LogP contribution in [0.25, 0.3) is 0 Å². The highest BCUT2D eigenvalue weighted by Gasteiger charge is 2.80. The number of aliphatic hydroxyl groups excluding tert-OH is 1. The maximum absolute atomic E-state index is 14.4. The van der Waals surface area contributed by atoms with Crippen LogP contribution in [0, 0.1) is 17.8 Å². The molecule has 0 radical (unpaired) electrons. The van der Waals surface area contributed by atoms with Crippen LogP contribution in [-0.4, -0.2) is 121 Å². The van der Waals surface area contributed by atoms with Crippen molar-refractivity contribution < 1.29 is 33.7 Å². The average Bonchev–Trinajstić information content (AvgIpc) is 3.46. The van der Waals surface area contributed by atoms with Crippen molar-refractivity contribution in [3.8, 4) is 0 Å². The first kappa shape index (κ1) is 30.7. The number of fused-ring (bicyclic) bond motifs is 1. The van der Waals surface area contributed by atoms with Crippen LogP contribution in [0.2, 0.25) is 0 Å². The summed E-state index contributed by atoms with van der Waals surface area (Å²) in [6.07, 6.45) is 6.45. The zero-order valence-electron chi connectivity index (χ0n) is 24.2. The molecule has 10 nitrogen and oxygen atoms in total. The van der Waals surface area contributed by atoms with Gasteiger partial charge in [-0.05, 0) is 44.9 Å². The van der Waals surface area contributed by atoms with E-state index in [0.29, 0.717) is 65.1 Å². The molecule has 3 unspecified atom stereocenters. The molecule has 4 aliphatic heterocycles. The van der Waals surface area contributed by atoms with Crippen LogP contribution in [0.1, 0.15) is 46.0 Å². The quantitative estimate of drug-likeness (QED) is 0.183. The van der Waals surface area contributed by atoms with Gasteiger partial charge in [0.25, 0.3) is 0 Å². The zero-order valence-corrected chi connectivity index (χ0v) is 24.2. The molecule has 4 fully saturated rings. The minimum Gasteiger partial charge on any atom is -0.465 e. The van der Waals surface area contributed by atoms with Crippen LogP contribution >= 0.6 is 0 Å². The molecule has 0 aliphatic carbocycles. The number of nitrogens with zero attached hydrogens (tertiary/aromatic N) is 3. The first-order chi connectivity index (χ1) is 19.2. The number of morpholine rings is 1. The Labute approximate surface area is 238 Å². The highest BCUT2D eigenvalue weighted by Crippen LogP contribution is 2.65. The summed E-state index contributed by atoms with van der Waals surface area (Å²) in [6, 6.07) is -0.851. The number of hydrogen-bond donors (Lipinski definition) is 1. The molecule has 1 spiro atoms. The second-order valence-electron chi connectivity index (χ2n) is 11.8. The molecule has 224 valence electrons. The molecule has 0 aromatic heterocycles. The van der Waals surface area contributed by atoms with Gasteiger partial charge in [-0.1, -0.05) is 19.1 Å². The van der Waals surface area contributed by atoms with Crippen molar-refractivity contribution in [3.05, 3.63) is 25.3 Å². The van der Waals surface area contributed by atoms with E-state index in [4.69, 9.17) is 14.2 Å². The molecule has 4 saturated heterocycles. The molecule has 10 heteroatoms. The summed E-state index contributed by atoms with van der Waals surface area (Å²) in [7, 11) is 0. The molecule has 0 aromatic rings. The number of esters is 1. The van der Waals surface area contributed by atoms with Crippen molar-refractivity contribution >= 4 is 17.8 Å². The summed E-state index contributed by atoms with van der Waals surface area (Å²) < 4.78 is 17.9. The second-order valence-corrected chi connectivity index (χ2v) is 11.8. The van der Waals surface area contributed by atoms with Gasteiger partial charge in [0.2, 0.25) is 11.8 Å². The molecule has 4 heterocycles. The number of carbonyl (C=O) groups is 3. The van der Waals surface area contributed by atoms with Gasteiger partial charge in [-0.15, -0.1) is 13.2 Å². The van der Waals surface area contributed by atoms with Crippen molar-refractivity contribution in [1.82, 2.24) is 14.7 Å². The lowest BCUT2D eigenvalue weighted by atomic mass is 9.62. The van der Waals surface area contributed by atoms with E-state index in [-0.39, 0.29) is 30.9 Å². The molecule has 1 N–H and O–H groups in total. The van der Waals surface area contributed by atoms with E-state index in [1.165, 1.54) is 0 Å².